The molecule has 2 unspecified atom stereocenters. The van der Waals surface area contributed by atoms with Crippen molar-refractivity contribution in [3.8, 4) is 0 Å². The van der Waals surface area contributed by atoms with Gasteiger partial charge in [-0.1, -0.05) is 50.1 Å². The van der Waals surface area contributed by atoms with Gasteiger partial charge in [0, 0.05) is 6.54 Å². The maximum atomic E-state index is 12.4. The lowest BCUT2D eigenvalue weighted by Crippen LogP contribution is -2.31. The van der Waals surface area contributed by atoms with Gasteiger partial charge in [0.25, 0.3) is 0 Å². The first-order valence-corrected chi connectivity index (χ1v) is 7.30. The first kappa shape index (κ1) is 14.1. The topological polar surface area (TPSA) is 32.3 Å². The Morgan fingerprint density at radius 1 is 1.21 bits per heavy atom. The fourth-order valence-electron chi connectivity index (χ4n) is 2.56. The van der Waals surface area contributed by atoms with E-state index in [9.17, 15) is 4.79 Å². The van der Waals surface area contributed by atoms with Crippen LogP contribution in [-0.4, -0.2) is 23.4 Å². The van der Waals surface area contributed by atoms with Crippen LogP contribution in [0.5, 0.6) is 0 Å². The zero-order valence-corrected chi connectivity index (χ0v) is 12.1. The van der Waals surface area contributed by atoms with Crippen molar-refractivity contribution < 1.29 is 4.79 Å². The predicted octanol–water partition coefficient (Wildman–Crippen LogP) is 3.00. The first-order valence-electron chi connectivity index (χ1n) is 7.30. The van der Waals surface area contributed by atoms with Crippen molar-refractivity contribution in [3.05, 3.63) is 35.4 Å². The van der Waals surface area contributed by atoms with Gasteiger partial charge in [0.1, 0.15) is 6.17 Å². The Balaban J connectivity index is 2.20. The molecule has 1 saturated heterocycles. The lowest BCUT2D eigenvalue weighted by atomic mass is 10.1. The maximum absolute atomic E-state index is 12.4. The molecule has 1 fully saturated rings. The third kappa shape index (κ3) is 2.98. The normalized spacial score (nSPS) is 23.1. The summed E-state index contributed by atoms with van der Waals surface area (Å²) >= 11 is 0. The summed E-state index contributed by atoms with van der Waals surface area (Å²) < 4.78 is 0. The second kappa shape index (κ2) is 6.20. The molecule has 1 aromatic rings. The number of nitrogens with zero attached hydrogens (tertiary/aromatic N) is 1. The Bertz CT molecular complexity index is 427. The Morgan fingerprint density at radius 3 is 2.47 bits per heavy atom. The summed E-state index contributed by atoms with van der Waals surface area (Å²) in [4.78, 5) is 14.4. The number of nitrogens with one attached hydrogen (secondary N) is 1. The van der Waals surface area contributed by atoms with Crippen LogP contribution < -0.4 is 5.32 Å². The highest BCUT2D eigenvalue weighted by atomic mass is 16.2. The van der Waals surface area contributed by atoms with E-state index < -0.39 is 0 Å². The summed E-state index contributed by atoms with van der Waals surface area (Å²) in [7, 11) is 0. The summed E-state index contributed by atoms with van der Waals surface area (Å²) in [6.45, 7) is 7.15. The largest absolute Gasteiger partial charge is 0.322 e. The number of unbranched alkanes of at least 4 members (excludes halogenated alkanes) is 1. The quantitative estimate of drug-likeness (QED) is 0.882. The molecule has 1 aliphatic heterocycles. The molecule has 1 heterocycles. The van der Waals surface area contributed by atoms with Crippen LogP contribution in [0.25, 0.3) is 0 Å². The van der Waals surface area contributed by atoms with E-state index in [4.69, 9.17) is 0 Å². The molecule has 1 N–H and O–H groups in total. The number of hydrogen-bond donors (Lipinski definition) is 1. The number of benzene rings is 1. The molecule has 3 heteroatoms. The van der Waals surface area contributed by atoms with Gasteiger partial charge in [-0.05, 0) is 25.3 Å². The van der Waals surface area contributed by atoms with E-state index in [1.165, 1.54) is 11.1 Å². The van der Waals surface area contributed by atoms with Gasteiger partial charge in [-0.3, -0.25) is 10.1 Å². The number of hydrogen-bond acceptors (Lipinski definition) is 2. The molecule has 0 radical (unpaired) electrons. The minimum Gasteiger partial charge on any atom is -0.322 e. The van der Waals surface area contributed by atoms with E-state index in [1.807, 2.05) is 4.90 Å². The van der Waals surface area contributed by atoms with E-state index >= 15 is 0 Å². The fraction of sp³-hybridized carbons (Fsp3) is 0.562. The van der Waals surface area contributed by atoms with E-state index in [-0.39, 0.29) is 18.1 Å². The van der Waals surface area contributed by atoms with E-state index in [0.717, 1.165) is 25.8 Å². The summed E-state index contributed by atoms with van der Waals surface area (Å²) in [6.07, 6.45) is 3.07. The minimum atomic E-state index is -0.0249. The van der Waals surface area contributed by atoms with Gasteiger partial charge in [-0.15, -0.1) is 0 Å². The molecule has 2 atom stereocenters. The monoisotopic (exact) mass is 260 g/mol. The van der Waals surface area contributed by atoms with E-state index in [1.54, 1.807) is 0 Å². The van der Waals surface area contributed by atoms with Gasteiger partial charge >= 0.3 is 0 Å². The number of amides is 1. The van der Waals surface area contributed by atoms with Crippen LogP contribution >= 0.6 is 0 Å². The van der Waals surface area contributed by atoms with Gasteiger partial charge < -0.3 is 4.90 Å². The van der Waals surface area contributed by atoms with Crippen LogP contribution in [0.4, 0.5) is 0 Å². The van der Waals surface area contributed by atoms with Gasteiger partial charge in [0.15, 0.2) is 0 Å². The highest BCUT2D eigenvalue weighted by molar-refractivity contribution is 5.84. The molecular weight excluding hydrogens is 236 g/mol. The standard InChI is InChI=1S/C16H24N2O/c1-4-6-11-18-15(17-14(5-2)16(18)19)13-9-7-12(3)8-10-13/h7-10,14-15,17H,4-6,11H2,1-3H3. The Kier molecular flexibility index (Phi) is 4.59. The SMILES string of the molecule is CCCCN1C(=O)C(CC)NC1c1ccc(C)cc1. The predicted molar refractivity (Wildman–Crippen MR) is 77.8 cm³/mol. The summed E-state index contributed by atoms with van der Waals surface area (Å²) in [5.74, 6) is 0.251. The second-order valence-corrected chi connectivity index (χ2v) is 5.33. The summed E-state index contributed by atoms with van der Waals surface area (Å²) in [5.41, 5.74) is 2.44. The second-order valence-electron chi connectivity index (χ2n) is 5.33. The van der Waals surface area contributed by atoms with E-state index in [0.29, 0.717) is 0 Å². The lowest BCUT2D eigenvalue weighted by Gasteiger charge is -2.24. The fourth-order valence-corrected chi connectivity index (χ4v) is 2.56. The van der Waals surface area contributed by atoms with E-state index in [2.05, 4.69) is 50.4 Å². The third-order valence-corrected chi connectivity index (χ3v) is 3.81. The number of carbonyl (C=O) groups excluding carboxylic acids is 1. The van der Waals surface area contributed by atoms with Gasteiger partial charge in [-0.2, -0.15) is 0 Å². The molecular formula is C16H24N2O. The highest BCUT2D eigenvalue weighted by Gasteiger charge is 2.37. The van der Waals surface area contributed by atoms with Crippen molar-refractivity contribution in [2.75, 3.05) is 6.54 Å². The lowest BCUT2D eigenvalue weighted by molar-refractivity contribution is -0.130. The van der Waals surface area contributed by atoms with Gasteiger partial charge in [-0.25, -0.2) is 0 Å². The van der Waals surface area contributed by atoms with Crippen molar-refractivity contribution in [2.45, 2.75) is 52.2 Å². The Hall–Kier alpha value is -1.35. The zero-order valence-electron chi connectivity index (χ0n) is 12.1. The average molecular weight is 260 g/mol. The van der Waals surface area contributed by atoms with Crippen molar-refractivity contribution >= 4 is 5.91 Å². The van der Waals surface area contributed by atoms with Crippen molar-refractivity contribution in [1.29, 1.82) is 0 Å². The molecule has 0 bridgehead atoms. The molecule has 0 spiro atoms. The summed E-state index contributed by atoms with van der Waals surface area (Å²) in [6, 6.07) is 8.44. The number of aryl methyl sites for hydroxylation is 1. The van der Waals surface area contributed by atoms with Crippen LogP contribution in [0, 0.1) is 6.92 Å². The Labute approximate surface area is 116 Å². The molecule has 1 aliphatic rings. The molecule has 104 valence electrons. The van der Waals surface area contributed by atoms with Crippen molar-refractivity contribution in [1.82, 2.24) is 10.2 Å². The van der Waals surface area contributed by atoms with Crippen LogP contribution in [0.15, 0.2) is 24.3 Å². The minimum absolute atomic E-state index is 0.0249. The highest BCUT2D eigenvalue weighted by Crippen LogP contribution is 2.27. The van der Waals surface area contributed by atoms with Crippen LogP contribution in [0.2, 0.25) is 0 Å². The van der Waals surface area contributed by atoms with Gasteiger partial charge in [0.2, 0.25) is 5.91 Å². The van der Waals surface area contributed by atoms with Crippen LogP contribution in [-0.2, 0) is 4.79 Å². The maximum Gasteiger partial charge on any atom is 0.241 e. The van der Waals surface area contributed by atoms with Crippen LogP contribution in [0.3, 0.4) is 0 Å². The molecule has 0 aliphatic carbocycles. The number of rotatable bonds is 5. The van der Waals surface area contributed by atoms with Crippen molar-refractivity contribution in [3.63, 3.8) is 0 Å². The average Bonchev–Trinajstić information content (AvgIpc) is 2.74. The smallest absolute Gasteiger partial charge is 0.241 e. The molecule has 1 aromatic carbocycles. The molecule has 1 amide bonds. The third-order valence-electron chi connectivity index (χ3n) is 3.81. The first-order chi connectivity index (χ1) is 9.17. The Morgan fingerprint density at radius 2 is 1.89 bits per heavy atom. The molecule has 0 aromatic heterocycles. The zero-order chi connectivity index (χ0) is 13.8. The number of carbonyl (C=O) groups is 1. The molecule has 0 saturated carbocycles. The van der Waals surface area contributed by atoms with Crippen molar-refractivity contribution in [2.24, 2.45) is 0 Å². The molecule has 19 heavy (non-hydrogen) atoms. The molecule has 2 rings (SSSR count). The molecule has 3 nitrogen and oxygen atoms in total. The van der Waals surface area contributed by atoms with Crippen LogP contribution in [0.1, 0.15) is 50.4 Å². The summed E-state index contributed by atoms with van der Waals surface area (Å²) in [5, 5.41) is 3.46. The van der Waals surface area contributed by atoms with Gasteiger partial charge in [0.05, 0.1) is 6.04 Å².